The second kappa shape index (κ2) is 8.72. The van der Waals surface area contributed by atoms with E-state index in [0.717, 1.165) is 5.30 Å². The van der Waals surface area contributed by atoms with E-state index in [4.69, 9.17) is 0 Å². The Morgan fingerprint density at radius 3 is 1.29 bits per heavy atom. The fourth-order valence-corrected chi connectivity index (χ4v) is 7.37. The van der Waals surface area contributed by atoms with Crippen molar-refractivity contribution in [3.63, 3.8) is 0 Å². The molecule has 0 heterocycles. The molecule has 0 unspecified atom stereocenters. The number of benzene rings is 1. The van der Waals surface area contributed by atoms with Crippen LogP contribution >= 0.6 is 7.92 Å². The molecule has 0 N–H and O–H groups in total. The van der Waals surface area contributed by atoms with E-state index in [9.17, 15) is 39.2 Å². The first-order chi connectivity index (χ1) is 12.1. The lowest BCUT2D eigenvalue weighted by Gasteiger charge is -2.33. The van der Waals surface area contributed by atoms with Gasteiger partial charge >= 0.3 is 19.5 Å². The van der Waals surface area contributed by atoms with Crippen molar-refractivity contribution in [3.05, 3.63) is 24.3 Å². The lowest BCUT2D eigenvalue weighted by atomic mass is 10.2. The molecular formula is C16H23BF9OP. The molecule has 0 fully saturated rings. The average Bonchev–Trinajstić information content (AvgIpc) is 2.33. The standard InChI is InChI=1S/C16H22F5OP.BF4/c1-13(2,3)23(14(4,5)6)12-9-7-11(8-10-12)22-16(20,21)15(17,18)19;2-1(3,4)5/h7-10H,1-6H3;/q;-1/p+1. The summed E-state index contributed by atoms with van der Waals surface area (Å²) < 4.78 is 105. The summed E-state index contributed by atoms with van der Waals surface area (Å²) in [5, 5.41) is 0.972. The molecule has 0 aliphatic rings. The van der Waals surface area contributed by atoms with Gasteiger partial charge in [-0.2, -0.15) is 22.0 Å². The van der Waals surface area contributed by atoms with Gasteiger partial charge in [-0.25, -0.2) is 0 Å². The number of hydrogen-bond donors (Lipinski definition) is 0. The fourth-order valence-electron chi connectivity index (χ4n) is 2.89. The Morgan fingerprint density at radius 1 is 0.714 bits per heavy atom. The second-order valence-electron chi connectivity index (χ2n) is 8.01. The number of hydrogen-bond acceptors (Lipinski definition) is 1. The Morgan fingerprint density at radius 2 is 1.04 bits per heavy atom. The molecule has 0 saturated carbocycles. The quantitative estimate of drug-likeness (QED) is 0.278. The summed E-state index contributed by atoms with van der Waals surface area (Å²) in [6.07, 6.45) is -10.9. The molecule has 0 atom stereocenters. The SMILES string of the molecule is CC(C)(C)[PH+](c1ccc(OC(F)(F)C(F)(F)F)cc1)C(C)(C)C.F[B-](F)(F)F. The van der Waals surface area contributed by atoms with Gasteiger partial charge in [0.05, 0.1) is 15.6 Å². The van der Waals surface area contributed by atoms with Crippen LogP contribution in [0.3, 0.4) is 0 Å². The van der Waals surface area contributed by atoms with Crippen LogP contribution < -0.4 is 10.0 Å². The highest BCUT2D eigenvalue weighted by molar-refractivity contribution is 7.68. The molecule has 0 amide bonds. The molecule has 0 spiro atoms. The van der Waals surface area contributed by atoms with Gasteiger partial charge in [0.1, 0.15) is 5.75 Å². The zero-order valence-corrected chi connectivity index (χ0v) is 17.2. The summed E-state index contributed by atoms with van der Waals surface area (Å²) in [5.41, 5.74) is 0. The van der Waals surface area contributed by atoms with Crippen LogP contribution in [0, 0.1) is 0 Å². The molecule has 0 aromatic heterocycles. The Kier molecular flexibility index (Phi) is 8.37. The lowest BCUT2D eigenvalue weighted by Crippen LogP contribution is -2.41. The molecular weight excluding hydrogens is 421 g/mol. The van der Waals surface area contributed by atoms with Crippen molar-refractivity contribution in [1.82, 2.24) is 0 Å². The van der Waals surface area contributed by atoms with Crippen molar-refractivity contribution >= 4 is 20.5 Å². The zero-order chi connectivity index (χ0) is 22.8. The Labute approximate surface area is 159 Å². The number of alkyl halides is 5. The molecule has 1 nitrogen and oxygen atoms in total. The molecule has 0 aliphatic heterocycles. The Hall–Kier alpha value is -1.12. The number of halogens is 9. The largest absolute Gasteiger partial charge is 0.673 e. The second-order valence-corrected chi connectivity index (χ2v) is 12.3. The minimum absolute atomic E-state index is 0.00119. The van der Waals surface area contributed by atoms with Crippen molar-refractivity contribution in [2.75, 3.05) is 0 Å². The van der Waals surface area contributed by atoms with E-state index >= 15 is 0 Å². The van der Waals surface area contributed by atoms with Crippen LogP contribution in [0.15, 0.2) is 24.3 Å². The third-order valence-corrected chi connectivity index (χ3v) is 7.13. The number of rotatable bonds is 3. The molecule has 0 saturated heterocycles. The van der Waals surface area contributed by atoms with E-state index in [0.29, 0.717) is 0 Å². The third kappa shape index (κ3) is 9.39. The molecule has 1 rings (SSSR count). The highest BCUT2D eigenvalue weighted by Gasteiger charge is 2.61. The van der Waals surface area contributed by atoms with Gasteiger partial charge in [-0.3, -0.25) is 0 Å². The van der Waals surface area contributed by atoms with Crippen LogP contribution in [-0.2, 0) is 0 Å². The van der Waals surface area contributed by atoms with Gasteiger partial charge in [-0.1, -0.05) is 0 Å². The van der Waals surface area contributed by atoms with Crippen LogP contribution in [0.5, 0.6) is 5.75 Å². The predicted octanol–water partition coefficient (Wildman–Crippen LogP) is 6.96. The van der Waals surface area contributed by atoms with Crippen LogP contribution in [0.1, 0.15) is 41.5 Å². The molecule has 0 aliphatic carbocycles. The van der Waals surface area contributed by atoms with Gasteiger partial charge in [-0.15, -0.1) is 0 Å². The van der Waals surface area contributed by atoms with Gasteiger partial charge in [0.2, 0.25) is 0 Å². The van der Waals surface area contributed by atoms with Crippen molar-refractivity contribution < 1.29 is 44.0 Å². The third-order valence-electron chi connectivity index (χ3n) is 3.22. The topological polar surface area (TPSA) is 9.23 Å². The summed E-state index contributed by atoms with van der Waals surface area (Å²) in [4.78, 5) is 0. The highest BCUT2D eigenvalue weighted by atomic mass is 31.1. The maximum absolute atomic E-state index is 12.9. The molecule has 1 aromatic rings. The van der Waals surface area contributed by atoms with Crippen LogP contribution in [0.25, 0.3) is 0 Å². The molecule has 0 radical (unpaired) electrons. The van der Waals surface area contributed by atoms with Crippen molar-refractivity contribution in [2.45, 2.75) is 64.1 Å². The highest BCUT2D eigenvalue weighted by Crippen LogP contribution is 2.58. The van der Waals surface area contributed by atoms with E-state index in [1.807, 2.05) is 0 Å². The minimum atomic E-state index is -6.00. The van der Waals surface area contributed by atoms with Crippen molar-refractivity contribution in [1.29, 1.82) is 0 Å². The smallest absolute Gasteiger partial charge is 0.426 e. The van der Waals surface area contributed by atoms with E-state index in [-0.39, 0.29) is 10.3 Å². The summed E-state index contributed by atoms with van der Waals surface area (Å²) in [6.45, 7) is 12.6. The molecule has 1 aromatic carbocycles. The average molecular weight is 444 g/mol. The fraction of sp³-hybridized carbons (Fsp3) is 0.625. The van der Waals surface area contributed by atoms with E-state index in [1.54, 1.807) is 12.1 Å². The number of ether oxygens (including phenoxy) is 1. The predicted molar refractivity (Wildman–Crippen MR) is 95.7 cm³/mol. The molecule has 12 heteroatoms. The maximum Gasteiger partial charge on any atom is 0.673 e. The van der Waals surface area contributed by atoms with Gasteiger partial charge in [0.15, 0.2) is 0 Å². The van der Waals surface area contributed by atoms with Crippen LogP contribution in [0.4, 0.5) is 39.2 Å². The first-order valence-corrected chi connectivity index (χ1v) is 9.55. The minimum Gasteiger partial charge on any atom is -0.426 e. The molecule has 0 bridgehead atoms. The first kappa shape index (κ1) is 26.9. The summed E-state index contributed by atoms with van der Waals surface area (Å²) in [5.74, 6) is -0.500. The Bertz CT molecular complexity index is 593. The van der Waals surface area contributed by atoms with Gasteiger partial charge in [0, 0.05) is 7.92 Å². The van der Waals surface area contributed by atoms with Gasteiger partial charge in [0.25, 0.3) is 0 Å². The van der Waals surface area contributed by atoms with E-state index in [2.05, 4.69) is 46.3 Å². The normalized spacial score (nSPS) is 13.9. The van der Waals surface area contributed by atoms with Crippen LogP contribution in [-0.4, -0.2) is 29.9 Å². The summed E-state index contributed by atoms with van der Waals surface area (Å²) >= 11 is 0. The summed E-state index contributed by atoms with van der Waals surface area (Å²) in [6, 6.07) is 5.54. The van der Waals surface area contributed by atoms with Gasteiger partial charge in [-0.05, 0) is 65.8 Å². The van der Waals surface area contributed by atoms with Crippen molar-refractivity contribution in [3.8, 4) is 5.75 Å². The molecule has 164 valence electrons. The van der Waals surface area contributed by atoms with E-state index in [1.165, 1.54) is 12.1 Å². The molecule has 28 heavy (non-hydrogen) atoms. The Balaban J connectivity index is 0.00000129. The first-order valence-electron chi connectivity index (χ1n) is 8.05. The lowest BCUT2D eigenvalue weighted by molar-refractivity contribution is -0.360. The van der Waals surface area contributed by atoms with E-state index < -0.39 is 33.2 Å². The van der Waals surface area contributed by atoms with Gasteiger partial charge < -0.3 is 22.0 Å². The zero-order valence-electron chi connectivity index (χ0n) is 16.2. The monoisotopic (exact) mass is 444 g/mol. The maximum atomic E-state index is 12.9. The summed E-state index contributed by atoms with van der Waals surface area (Å²) in [7, 11) is -7.11. The van der Waals surface area contributed by atoms with Crippen LogP contribution in [0.2, 0.25) is 0 Å². The van der Waals surface area contributed by atoms with Crippen molar-refractivity contribution in [2.24, 2.45) is 0 Å².